The van der Waals surface area contributed by atoms with Crippen molar-refractivity contribution in [1.29, 1.82) is 0 Å². The normalized spacial score (nSPS) is 16.4. The Bertz CT molecular complexity index is 793. The molecule has 6 heteroatoms. The van der Waals surface area contributed by atoms with Crippen molar-refractivity contribution in [2.24, 2.45) is 5.73 Å². The van der Waals surface area contributed by atoms with Gasteiger partial charge in [0.25, 0.3) is 0 Å². The maximum absolute atomic E-state index is 14.3. The van der Waals surface area contributed by atoms with Gasteiger partial charge in [0.05, 0.1) is 18.0 Å². The topological polar surface area (TPSA) is 57.4 Å². The Balaban J connectivity index is 2.13. The van der Waals surface area contributed by atoms with E-state index in [-0.39, 0.29) is 17.4 Å². The summed E-state index contributed by atoms with van der Waals surface area (Å²) in [7, 11) is 1.60. The smallest absolute Gasteiger partial charge is 0.218 e. The molecule has 0 spiro atoms. The van der Waals surface area contributed by atoms with Crippen LogP contribution in [0.5, 0.6) is 5.88 Å². The third kappa shape index (κ3) is 3.10. The second kappa shape index (κ2) is 6.57. The van der Waals surface area contributed by atoms with E-state index in [1.54, 1.807) is 13.2 Å². The fourth-order valence-corrected chi connectivity index (χ4v) is 2.83. The number of benzene rings is 1. The van der Waals surface area contributed by atoms with Gasteiger partial charge in [-0.3, -0.25) is 0 Å². The van der Waals surface area contributed by atoms with Crippen LogP contribution in [0.25, 0.3) is 16.8 Å². The van der Waals surface area contributed by atoms with E-state index in [1.165, 1.54) is 12.1 Å². The molecule has 1 aliphatic heterocycles. The highest BCUT2D eigenvalue weighted by Gasteiger charge is 2.26. The van der Waals surface area contributed by atoms with Gasteiger partial charge < -0.3 is 15.2 Å². The molecule has 1 atom stereocenters. The average Bonchev–Trinajstić information content (AvgIpc) is 2.54. The van der Waals surface area contributed by atoms with Crippen LogP contribution in [0.2, 0.25) is 0 Å². The Hall–Kier alpha value is -2.47. The predicted octanol–water partition coefficient (Wildman–Crippen LogP) is 3.30. The van der Waals surface area contributed by atoms with Gasteiger partial charge in [0, 0.05) is 24.3 Å². The van der Waals surface area contributed by atoms with Crippen LogP contribution in [0, 0.1) is 11.6 Å². The molecule has 0 amide bonds. The van der Waals surface area contributed by atoms with E-state index in [2.05, 4.69) is 11.6 Å². The summed E-state index contributed by atoms with van der Waals surface area (Å²) in [4.78, 5) is 4.38. The third-order valence-electron chi connectivity index (χ3n) is 3.98. The van der Waals surface area contributed by atoms with Crippen molar-refractivity contribution in [2.45, 2.75) is 18.9 Å². The number of hydrogen-bond donors (Lipinski definition) is 1. The molecule has 1 aromatic heterocycles. The summed E-state index contributed by atoms with van der Waals surface area (Å²) in [5, 5.41) is 0. The molecule has 2 heterocycles. The van der Waals surface area contributed by atoms with Crippen LogP contribution in [0.4, 0.5) is 8.78 Å². The first kappa shape index (κ1) is 16.4. The van der Waals surface area contributed by atoms with E-state index in [9.17, 15) is 8.78 Å². The molecule has 0 saturated heterocycles. The highest BCUT2D eigenvalue weighted by molar-refractivity contribution is 5.74. The van der Waals surface area contributed by atoms with Gasteiger partial charge in [0.15, 0.2) is 0 Å². The minimum atomic E-state index is -0.643. The number of methoxy groups -OCH3 is 1. The molecule has 3 rings (SSSR count). The zero-order valence-corrected chi connectivity index (χ0v) is 13.3. The number of nitrogens with two attached hydrogens (primary N) is 1. The number of rotatable bonds is 4. The van der Waals surface area contributed by atoms with E-state index in [1.807, 2.05) is 0 Å². The van der Waals surface area contributed by atoms with Crippen LogP contribution < -0.4 is 10.5 Å². The van der Waals surface area contributed by atoms with Gasteiger partial charge in [-0.05, 0) is 36.6 Å². The van der Waals surface area contributed by atoms with E-state index in [4.69, 9.17) is 15.2 Å². The third-order valence-corrected chi connectivity index (χ3v) is 3.98. The van der Waals surface area contributed by atoms with Crippen molar-refractivity contribution < 1.29 is 18.3 Å². The average molecular weight is 332 g/mol. The van der Waals surface area contributed by atoms with Crippen LogP contribution in [-0.4, -0.2) is 24.8 Å². The first-order valence-electron chi connectivity index (χ1n) is 7.59. The molecule has 0 bridgehead atoms. The number of nitrogens with zero attached hydrogens (tertiary/aromatic N) is 1. The lowest BCUT2D eigenvalue weighted by atomic mass is 9.94. The number of pyridine rings is 1. The van der Waals surface area contributed by atoms with Crippen molar-refractivity contribution in [3.05, 3.63) is 53.7 Å². The quantitative estimate of drug-likeness (QED) is 0.933. The maximum Gasteiger partial charge on any atom is 0.218 e. The van der Waals surface area contributed by atoms with Gasteiger partial charge >= 0.3 is 0 Å². The van der Waals surface area contributed by atoms with E-state index < -0.39 is 11.6 Å². The standard InChI is InChI=1S/C18H18F2N2O2/c1-10(21)17-8-15(13-5-3-11(19)7-16(13)20)14-6-4-12(9-23-2)24-18(14)22-17/h3,5,7-8,12H,1,4,6,9,21H2,2H3/t12-/m0/s1. The van der Waals surface area contributed by atoms with Gasteiger partial charge in [-0.25, -0.2) is 13.8 Å². The lowest BCUT2D eigenvalue weighted by Crippen LogP contribution is -2.28. The monoisotopic (exact) mass is 332 g/mol. The van der Waals surface area contributed by atoms with E-state index >= 15 is 0 Å². The van der Waals surface area contributed by atoms with Crippen molar-refractivity contribution in [1.82, 2.24) is 4.98 Å². The van der Waals surface area contributed by atoms with Crippen LogP contribution in [0.3, 0.4) is 0 Å². The summed E-state index contributed by atoms with van der Waals surface area (Å²) < 4.78 is 38.5. The molecule has 4 nitrogen and oxygen atoms in total. The van der Waals surface area contributed by atoms with Gasteiger partial charge in [-0.15, -0.1) is 0 Å². The summed E-state index contributed by atoms with van der Waals surface area (Å²) in [6.45, 7) is 4.12. The van der Waals surface area contributed by atoms with Crippen LogP contribution >= 0.6 is 0 Å². The minimum absolute atomic E-state index is 0.123. The molecule has 24 heavy (non-hydrogen) atoms. The molecule has 0 unspecified atom stereocenters. The molecule has 1 aromatic carbocycles. The Labute approximate surface area is 138 Å². The molecule has 1 aliphatic rings. The van der Waals surface area contributed by atoms with Crippen molar-refractivity contribution in [2.75, 3.05) is 13.7 Å². The van der Waals surface area contributed by atoms with Gasteiger partial charge in [-0.1, -0.05) is 6.58 Å². The number of fused-ring (bicyclic) bond motifs is 1. The minimum Gasteiger partial charge on any atom is -0.472 e. The van der Waals surface area contributed by atoms with Crippen LogP contribution in [0.1, 0.15) is 17.7 Å². The zero-order chi connectivity index (χ0) is 17.3. The summed E-state index contributed by atoms with van der Waals surface area (Å²) in [5.41, 5.74) is 8.07. The SMILES string of the molecule is C=C(N)c1cc(-c2ccc(F)cc2F)c2c(n1)O[C@H](COC)CC2. The van der Waals surface area contributed by atoms with E-state index in [0.717, 1.165) is 18.1 Å². The molecule has 2 aromatic rings. The zero-order valence-electron chi connectivity index (χ0n) is 13.3. The lowest BCUT2D eigenvalue weighted by molar-refractivity contribution is 0.0642. The number of hydrogen-bond acceptors (Lipinski definition) is 4. The molecular formula is C18H18F2N2O2. The Morgan fingerprint density at radius 2 is 2.17 bits per heavy atom. The predicted molar refractivity (Wildman–Crippen MR) is 87.4 cm³/mol. The van der Waals surface area contributed by atoms with Gasteiger partial charge in [0.2, 0.25) is 5.88 Å². The number of halogens is 2. The molecular weight excluding hydrogens is 314 g/mol. The molecule has 2 N–H and O–H groups in total. The van der Waals surface area contributed by atoms with Crippen molar-refractivity contribution in [3.63, 3.8) is 0 Å². The second-order valence-electron chi connectivity index (χ2n) is 5.72. The van der Waals surface area contributed by atoms with Crippen molar-refractivity contribution >= 4 is 5.70 Å². The highest BCUT2D eigenvalue weighted by Crippen LogP contribution is 2.37. The summed E-state index contributed by atoms with van der Waals surface area (Å²) in [6.07, 6.45) is 1.25. The molecule has 0 radical (unpaired) electrons. The number of aromatic nitrogens is 1. The van der Waals surface area contributed by atoms with E-state index in [0.29, 0.717) is 30.2 Å². The van der Waals surface area contributed by atoms with Gasteiger partial charge in [-0.2, -0.15) is 0 Å². The number of ether oxygens (including phenoxy) is 2. The van der Waals surface area contributed by atoms with Crippen molar-refractivity contribution in [3.8, 4) is 17.0 Å². The van der Waals surface area contributed by atoms with Crippen LogP contribution in [0.15, 0.2) is 30.8 Å². The molecule has 0 fully saturated rings. The fraction of sp³-hybridized carbons (Fsp3) is 0.278. The first-order chi connectivity index (χ1) is 11.5. The maximum atomic E-state index is 14.3. The Kier molecular flexibility index (Phi) is 4.49. The lowest BCUT2D eigenvalue weighted by Gasteiger charge is -2.27. The highest BCUT2D eigenvalue weighted by atomic mass is 19.1. The Morgan fingerprint density at radius 3 is 2.83 bits per heavy atom. The fourth-order valence-electron chi connectivity index (χ4n) is 2.83. The molecule has 126 valence electrons. The Morgan fingerprint density at radius 1 is 1.38 bits per heavy atom. The summed E-state index contributed by atoms with van der Waals surface area (Å²) in [6, 6.07) is 5.15. The van der Waals surface area contributed by atoms with Gasteiger partial charge in [0.1, 0.15) is 17.7 Å². The second-order valence-corrected chi connectivity index (χ2v) is 5.72. The molecule has 0 aliphatic carbocycles. The molecule has 0 saturated carbocycles. The summed E-state index contributed by atoms with van der Waals surface area (Å²) >= 11 is 0. The summed E-state index contributed by atoms with van der Waals surface area (Å²) in [5.74, 6) is -0.874. The van der Waals surface area contributed by atoms with Crippen LogP contribution in [-0.2, 0) is 11.2 Å². The first-order valence-corrected chi connectivity index (χ1v) is 7.59. The largest absolute Gasteiger partial charge is 0.472 e.